The predicted molar refractivity (Wildman–Crippen MR) is 64.8 cm³/mol. The standard InChI is InChI=1S/C13H12N2O3/c1-8-3-5-9(6-4-8)11(16)12-14-7-10(13(17)18)15(12)2/h3-7H,1-2H3,(H,17,18). The molecule has 0 spiro atoms. The summed E-state index contributed by atoms with van der Waals surface area (Å²) in [5.41, 5.74) is 1.54. The zero-order valence-electron chi connectivity index (χ0n) is 10.0. The number of benzene rings is 1. The van der Waals surface area contributed by atoms with E-state index in [1.54, 1.807) is 12.1 Å². The molecule has 1 N–H and O–H groups in total. The number of carboxylic acid groups (broad SMARTS) is 1. The summed E-state index contributed by atoms with van der Waals surface area (Å²) >= 11 is 0. The molecule has 0 fully saturated rings. The molecule has 1 aromatic heterocycles. The molecule has 18 heavy (non-hydrogen) atoms. The molecule has 5 heteroatoms. The highest BCUT2D eigenvalue weighted by Gasteiger charge is 2.19. The Bertz CT molecular complexity index is 612. The first-order chi connectivity index (χ1) is 8.50. The van der Waals surface area contributed by atoms with Crippen LogP contribution in [0.5, 0.6) is 0 Å². The van der Waals surface area contributed by atoms with Gasteiger partial charge >= 0.3 is 5.97 Å². The van der Waals surface area contributed by atoms with Gasteiger partial charge in [0.1, 0.15) is 5.69 Å². The highest BCUT2D eigenvalue weighted by molar-refractivity contribution is 6.07. The van der Waals surface area contributed by atoms with Gasteiger partial charge in [-0.2, -0.15) is 0 Å². The van der Waals surface area contributed by atoms with Crippen molar-refractivity contribution in [3.05, 3.63) is 53.1 Å². The highest BCUT2D eigenvalue weighted by atomic mass is 16.4. The molecule has 0 saturated heterocycles. The quantitative estimate of drug-likeness (QED) is 0.833. The minimum absolute atomic E-state index is 0.00883. The van der Waals surface area contributed by atoms with Gasteiger partial charge < -0.3 is 9.67 Å². The molecule has 0 amide bonds. The molecule has 0 aliphatic rings. The Balaban J connectivity index is 2.40. The molecule has 1 aromatic carbocycles. The van der Waals surface area contributed by atoms with Gasteiger partial charge in [-0.15, -0.1) is 0 Å². The molecular formula is C13H12N2O3. The van der Waals surface area contributed by atoms with Crippen LogP contribution in [0.2, 0.25) is 0 Å². The second-order valence-corrected chi connectivity index (χ2v) is 4.03. The maximum Gasteiger partial charge on any atom is 0.354 e. The Labute approximate surface area is 104 Å². The number of nitrogens with zero attached hydrogens (tertiary/aromatic N) is 2. The molecule has 0 saturated carbocycles. The van der Waals surface area contributed by atoms with Crippen molar-refractivity contribution in [3.8, 4) is 0 Å². The van der Waals surface area contributed by atoms with E-state index in [4.69, 9.17) is 5.11 Å². The number of carbonyl (C=O) groups is 2. The smallest absolute Gasteiger partial charge is 0.354 e. The summed E-state index contributed by atoms with van der Waals surface area (Å²) in [6, 6.07) is 7.06. The van der Waals surface area contributed by atoms with Crippen molar-refractivity contribution in [2.75, 3.05) is 0 Å². The number of hydrogen-bond donors (Lipinski definition) is 1. The fourth-order valence-corrected chi connectivity index (χ4v) is 1.65. The van der Waals surface area contributed by atoms with Gasteiger partial charge in [0, 0.05) is 12.6 Å². The third-order valence-corrected chi connectivity index (χ3v) is 2.72. The summed E-state index contributed by atoms with van der Waals surface area (Å²) in [6.45, 7) is 1.93. The van der Waals surface area contributed by atoms with Crippen molar-refractivity contribution in [2.45, 2.75) is 6.92 Å². The Morgan fingerprint density at radius 3 is 2.33 bits per heavy atom. The Morgan fingerprint density at radius 2 is 1.83 bits per heavy atom. The van der Waals surface area contributed by atoms with E-state index in [9.17, 15) is 9.59 Å². The first-order valence-electron chi connectivity index (χ1n) is 5.37. The zero-order valence-corrected chi connectivity index (χ0v) is 10.0. The number of carboxylic acids is 1. The van der Waals surface area contributed by atoms with Gasteiger partial charge in [-0.05, 0) is 6.92 Å². The minimum atomic E-state index is -1.10. The fraction of sp³-hybridized carbons (Fsp3) is 0.154. The normalized spacial score (nSPS) is 10.3. The number of aromatic carboxylic acids is 1. The summed E-state index contributed by atoms with van der Waals surface area (Å²) < 4.78 is 1.28. The van der Waals surface area contributed by atoms with Gasteiger partial charge in [-0.25, -0.2) is 9.78 Å². The van der Waals surface area contributed by atoms with Crippen LogP contribution in [0, 0.1) is 6.92 Å². The lowest BCUT2D eigenvalue weighted by Gasteiger charge is -2.03. The van der Waals surface area contributed by atoms with Gasteiger partial charge in [0.2, 0.25) is 5.78 Å². The first kappa shape index (κ1) is 12.0. The molecule has 0 aliphatic heterocycles. The van der Waals surface area contributed by atoms with Gasteiger partial charge in [0.25, 0.3) is 0 Å². The number of aromatic nitrogens is 2. The number of hydrogen-bond acceptors (Lipinski definition) is 3. The molecule has 2 rings (SSSR count). The average Bonchev–Trinajstić information content (AvgIpc) is 2.71. The van der Waals surface area contributed by atoms with Crippen molar-refractivity contribution in [2.24, 2.45) is 7.05 Å². The van der Waals surface area contributed by atoms with E-state index < -0.39 is 5.97 Å². The van der Waals surface area contributed by atoms with Crippen LogP contribution in [0.25, 0.3) is 0 Å². The Hall–Kier alpha value is -2.43. The topological polar surface area (TPSA) is 72.2 Å². The van der Waals surface area contributed by atoms with Crippen LogP contribution >= 0.6 is 0 Å². The van der Waals surface area contributed by atoms with E-state index in [1.807, 2.05) is 19.1 Å². The molecular weight excluding hydrogens is 232 g/mol. The maximum atomic E-state index is 12.1. The van der Waals surface area contributed by atoms with E-state index >= 15 is 0 Å². The molecule has 0 radical (unpaired) electrons. The zero-order chi connectivity index (χ0) is 13.3. The summed E-state index contributed by atoms with van der Waals surface area (Å²) in [4.78, 5) is 26.9. The maximum absolute atomic E-state index is 12.1. The summed E-state index contributed by atoms with van der Waals surface area (Å²) in [7, 11) is 1.51. The second-order valence-electron chi connectivity index (χ2n) is 4.03. The molecule has 0 bridgehead atoms. The second kappa shape index (κ2) is 4.44. The lowest BCUT2D eigenvalue weighted by Crippen LogP contribution is -2.12. The fourth-order valence-electron chi connectivity index (χ4n) is 1.65. The van der Waals surface area contributed by atoms with Crippen LogP contribution in [0.1, 0.15) is 32.2 Å². The Kier molecular flexibility index (Phi) is 2.97. The number of carbonyl (C=O) groups excluding carboxylic acids is 1. The minimum Gasteiger partial charge on any atom is -0.477 e. The van der Waals surface area contributed by atoms with Gasteiger partial charge in [0.05, 0.1) is 6.20 Å². The van der Waals surface area contributed by atoms with Crippen LogP contribution < -0.4 is 0 Å². The highest BCUT2D eigenvalue weighted by Crippen LogP contribution is 2.11. The van der Waals surface area contributed by atoms with E-state index in [0.717, 1.165) is 5.56 Å². The molecule has 1 heterocycles. The number of aryl methyl sites for hydroxylation is 1. The number of imidazole rings is 1. The van der Waals surface area contributed by atoms with Crippen molar-refractivity contribution in [3.63, 3.8) is 0 Å². The monoisotopic (exact) mass is 244 g/mol. The summed E-state index contributed by atoms with van der Waals surface area (Å²) in [5, 5.41) is 8.90. The van der Waals surface area contributed by atoms with Crippen LogP contribution in [0.15, 0.2) is 30.5 Å². The third-order valence-electron chi connectivity index (χ3n) is 2.72. The summed E-state index contributed by atoms with van der Waals surface area (Å²) in [5.74, 6) is -1.27. The van der Waals surface area contributed by atoms with Crippen LogP contribution in [0.4, 0.5) is 0 Å². The molecule has 2 aromatic rings. The number of ketones is 1. The van der Waals surface area contributed by atoms with Crippen LogP contribution in [-0.2, 0) is 7.05 Å². The van der Waals surface area contributed by atoms with Gasteiger partial charge in [-0.1, -0.05) is 29.8 Å². The summed E-state index contributed by atoms with van der Waals surface area (Å²) in [6.07, 6.45) is 1.18. The molecule has 0 atom stereocenters. The van der Waals surface area contributed by atoms with Crippen molar-refractivity contribution < 1.29 is 14.7 Å². The van der Waals surface area contributed by atoms with Crippen LogP contribution in [0.3, 0.4) is 0 Å². The predicted octanol–water partition coefficient (Wildman–Crippen LogP) is 1.66. The number of rotatable bonds is 3. The molecule has 0 unspecified atom stereocenters. The van der Waals surface area contributed by atoms with Gasteiger partial charge in [0.15, 0.2) is 5.82 Å². The van der Waals surface area contributed by atoms with Crippen molar-refractivity contribution in [1.29, 1.82) is 0 Å². The average molecular weight is 244 g/mol. The first-order valence-corrected chi connectivity index (χ1v) is 5.37. The van der Waals surface area contributed by atoms with Crippen LogP contribution in [-0.4, -0.2) is 26.4 Å². The third kappa shape index (κ3) is 2.02. The molecule has 92 valence electrons. The molecule has 5 nitrogen and oxygen atoms in total. The molecule has 0 aliphatic carbocycles. The van der Waals surface area contributed by atoms with Gasteiger partial charge in [-0.3, -0.25) is 4.79 Å². The van der Waals surface area contributed by atoms with Crippen molar-refractivity contribution in [1.82, 2.24) is 9.55 Å². The SMILES string of the molecule is Cc1ccc(C(=O)c2ncc(C(=O)O)n2C)cc1. The van der Waals surface area contributed by atoms with E-state index in [0.29, 0.717) is 5.56 Å². The largest absolute Gasteiger partial charge is 0.477 e. The van der Waals surface area contributed by atoms with E-state index in [-0.39, 0.29) is 17.3 Å². The Morgan fingerprint density at radius 1 is 1.22 bits per heavy atom. The lowest BCUT2D eigenvalue weighted by atomic mass is 10.1. The van der Waals surface area contributed by atoms with Crippen molar-refractivity contribution >= 4 is 11.8 Å². The van der Waals surface area contributed by atoms with E-state index in [2.05, 4.69) is 4.98 Å². The van der Waals surface area contributed by atoms with E-state index in [1.165, 1.54) is 17.8 Å². The lowest BCUT2D eigenvalue weighted by molar-refractivity contribution is 0.0686.